The van der Waals surface area contributed by atoms with Gasteiger partial charge in [-0.15, -0.1) is 0 Å². The summed E-state index contributed by atoms with van der Waals surface area (Å²) in [6.07, 6.45) is 1.54. The molecule has 0 bridgehead atoms. The third-order valence-corrected chi connectivity index (χ3v) is 3.76. The van der Waals surface area contributed by atoms with Crippen molar-refractivity contribution in [3.8, 4) is 0 Å². The lowest BCUT2D eigenvalue weighted by Crippen LogP contribution is -2.40. The molecule has 5 heteroatoms. The molecule has 3 N–H and O–H groups in total. The minimum absolute atomic E-state index is 0.0184. The van der Waals surface area contributed by atoms with Crippen molar-refractivity contribution in [2.75, 3.05) is 13.2 Å². The van der Waals surface area contributed by atoms with Gasteiger partial charge in [-0.1, -0.05) is 13.8 Å². The molecule has 0 fully saturated rings. The molecule has 19 heavy (non-hydrogen) atoms. The molecular formula is C14H22N2O3. The molecule has 1 aromatic heterocycles. The minimum atomic E-state index is -0.402. The highest BCUT2D eigenvalue weighted by Crippen LogP contribution is 2.24. The van der Waals surface area contributed by atoms with E-state index in [1.54, 1.807) is 13.0 Å². The number of amides is 1. The number of pyridine rings is 1. The van der Waals surface area contributed by atoms with E-state index in [2.05, 4.69) is 10.3 Å². The van der Waals surface area contributed by atoms with Crippen molar-refractivity contribution in [1.29, 1.82) is 0 Å². The predicted octanol–water partition coefficient (Wildman–Crippen LogP) is 1.21. The summed E-state index contributed by atoms with van der Waals surface area (Å²) in [6.45, 7) is 6.09. The third kappa shape index (κ3) is 3.67. The van der Waals surface area contributed by atoms with Crippen molar-refractivity contribution in [2.45, 2.75) is 33.6 Å². The maximum Gasteiger partial charge on any atom is 0.260 e. The van der Waals surface area contributed by atoms with E-state index in [1.165, 1.54) is 6.07 Å². The molecule has 106 valence electrons. The van der Waals surface area contributed by atoms with Crippen LogP contribution in [-0.2, 0) is 0 Å². The second kappa shape index (κ2) is 6.52. The van der Waals surface area contributed by atoms with E-state index in [4.69, 9.17) is 0 Å². The molecule has 1 aromatic rings. The first kappa shape index (κ1) is 15.4. The Bertz CT molecular complexity index is 481. The summed E-state index contributed by atoms with van der Waals surface area (Å²) in [6, 6.07) is 3.21. The number of aliphatic hydroxyl groups excluding tert-OH is 1. The quantitative estimate of drug-likeness (QED) is 0.724. The summed E-state index contributed by atoms with van der Waals surface area (Å²) >= 11 is 0. The van der Waals surface area contributed by atoms with Gasteiger partial charge in [-0.2, -0.15) is 0 Å². The Morgan fingerprint density at radius 3 is 2.47 bits per heavy atom. The van der Waals surface area contributed by atoms with Crippen LogP contribution in [0, 0.1) is 12.3 Å². The molecule has 1 heterocycles. The Kier molecular flexibility index (Phi) is 5.30. The zero-order valence-electron chi connectivity index (χ0n) is 11.7. The molecule has 0 saturated carbocycles. The SMILES string of the molecule is CCC(CC)(CO)CNC(=O)c1ccc(C)[nH]c1=O. The number of aliphatic hydroxyl groups is 1. The van der Waals surface area contributed by atoms with Gasteiger partial charge in [0.05, 0.1) is 6.61 Å². The van der Waals surface area contributed by atoms with Gasteiger partial charge in [0.2, 0.25) is 0 Å². The zero-order valence-corrected chi connectivity index (χ0v) is 11.7. The summed E-state index contributed by atoms with van der Waals surface area (Å²) in [4.78, 5) is 26.2. The summed E-state index contributed by atoms with van der Waals surface area (Å²) in [5.41, 5.74) is 0.116. The lowest BCUT2D eigenvalue weighted by Gasteiger charge is -2.29. The fourth-order valence-electron chi connectivity index (χ4n) is 1.89. The van der Waals surface area contributed by atoms with Crippen molar-refractivity contribution in [2.24, 2.45) is 5.41 Å². The van der Waals surface area contributed by atoms with E-state index in [9.17, 15) is 14.7 Å². The summed E-state index contributed by atoms with van der Waals surface area (Å²) < 4.78 is 0. The molecule has 0 aliphatic carbocycles. The molecule has 5 nitrogen and oxygen atoms in total. The maximum atomic E-state index is 12.0. The number of nitrogens with one attached hydrogen (secondary N) is 2. The topological polar surface area (TPSA) is 82.2 Å². The second-order valence-corrected chi connectivity index (χ2v) is 4.93. The van der Waals surface area contributed by atoms with Crippen LogP contribution in [0.1, 0.15) is 42.7 Å². The highest BCUT2D eigenvalue weighted by atomic mass is 16.3. The van der Waals surface area contributed by atoms with E-state index in [0.717, 1.165) is 12.8 Å². The number of hydrogen-bond donors (Lipinski definition) is 3. The van der Waals surface area contributed by atoms with E-state index in [1.807, 2.05) is 13.8 Å². The Balaban J connectivity index is 2.78. The van der Waals surface area contributed by atoms with E-state index < -0.39 is 5.91 Å². The predicted molar refractivity (Wildman–Crippen MR) is 74.2 cm³/mol. The molecule has 0 aromatic carbocycles. The van der Waals surface area contributed by atoms with Crippen molar-refractivity contribution in [3.63, 3.8) is 0 Å². The lowest BCUT2D eigenvalue weighted by atomic mass is 9.83. The molecule has 0 unspecified atom stereocenters. The van der Waals surface area contributed by atoms with Crippen molar-refractivity contribution < 1.29 is 9.90 Å². The summed E-state index contributed by atoms with van der Waals surface area (Å²) in [5, 5.41) is 12.2. The number of H-pyrrole nitrogens is 1. The largest absolute Gasteiger partial charge is 0.396 e. The number of carbonyl (C=O) groups is 1. The lowest BCUT2D eigenvalue weighted by molar-refractivity contribution is 0.0850. The summed E-state index contributed by atoms with van der Waals surface area (Å²) in [7, 11) is 0. The average molecular weight is 266 g/mol. The number of hydrogen-bond acceptors (Lipinski definition) is 3. The van der Waals surface area contributed by atoms with Crippen molar-refractivity contribution in [1.82, 2.24) is 10.3 Å². The number of aromatic nitrogens is 1. The molecule has 0 saturated heterocycles. The Hall–Kier alpha value is -1.62. The maximum absolute atomic E-state index is 12.0. The van der Waals surface area contributed by atoms with Crippen LogP contribution in [0.3, 0.4) is 0 Å². The van der Waals surface area contributed by atoms with Crippen LogP contribution in [0.4, 0.5) is 0 Å². The average Bonchev–Trinajstić information content (AvgIpc) is 2.40. The van der Waals surface area contributed by atoms with Gasteiger partial charge in [0.15, 0.2) is 0 Å². The Morgan fingerprint density at radius 1 is 1.37 bits per heavy atom. The van der Waals surface area contributed by atoms with Gasteiger partial charge in [-0.25, -0.2) is 0 Å². The van der Waals surface area contributed by atoms with Gasteiger partial charge in [-0.05, 0) is 31.9 Å². The molecule has 0 radical (unpaired) electrons. The first-order valence-corrected chi connectivity index (χ1v) is 6.57. The molecule has 0 atom stereocenters. The van der Waals surface area contributed by atoms with Crippen LogP contribution in [-0.4, -0.2) is 29.1 Å². The van der Waals surface area contributed by atoms with Gasteiger partial charge >= 0.3 is 0 Å². The summed E-state index contributed by atoms with van der Waals surface area (Å²) in [5.74, 6) is -0.402. The number of carbonyl (C=O) groups excluding carboxylic acids is 1. The highest BCUT2D eigenvalue weighted by Gasteiger charge is 2.26. The fraction of sp³-hybridized carbons (Fsp3) is 0.571. The van der Waals surface area contributed by atoms with Crippen LogP contribution in [0.5, 0.6) is 0 Å². The molecule has 0 spiro atoms. The van der Waals surface area contributed by atoms with Crippen molar-refractivity contribution in [3.05, 3.63) is 33.7 Å². The van der Waals surface area contributed by atoms with Gasteiger partial charge in [0.25, 0.3) is 11.5 Å². The van der Waals surface area contributed by atoms with Gasteiger partial charge in [-0.3, -0.25) is 9.59 Å². The number of aryl methyl sites for hydroxylation is 1. The monoisotopic (exact) mass is 266 g/mol. The normalized spacial score (nSPS) is 11.4. The van der Waals surface area contributed by atoms with E-state index in [0.29, 0.717) is 12.2 Å². The van der Waals surface area contributed by atoms with Gasteiger partial charge in [0, 0.05) is 17.7 Å². The van der Waals surface area contributed by atoms with Crippen LogP contribution in [0.2, 0.25) is 0 Å². The first-order valence-electron chi connectivity index (χ1n) is 6.57. The molecule has 0 aliphatic heterocycles. The molecular weight excluding hydrogens is 244 g/mol. The molecule has 1 amide bonds. The van der Waals surface area contributed by atoms with Crippen LogP contribution in [0.15, 0.2) is 16.9 Å². The van der Waals surface area contributed by atoms with Gasteiger partial charge in [0.1, 0.15) is 5.56 Å². The zero-order chi connectivity index (χ0) is 14.5. The smallest absolute Gasteiger partial charge is 0.260 e. The van der Waals surface area contributed by atoms with Crippen molar-refractivity contribution >= 4 is 5.91 Å². The Labute approximate surface area is 113 Å². The van der Waals surface area contributed by atoms with E-state index in [-0.39, 0.29) is 23.1 Å². The minimum Gasteiger partial charge on any atom is -0.396 e. The first-order chi connectivity index (χ1) is 8.98. The fourth-order valence-corrected chi connectivity index (χ4v) is 1.89. The van der Waals surface area contributed by atoms with Crippen LogP contribution < -0.4 is 10.9 Å². The molecule has 1 rings (SSSR count). The van der Waals surface area contributed by atoms with Crippen LogP contribution >= 0.6 is 0 Å². The van der Waals surface area contributed by atoms with Crippen LogP contribution in [0.25, 0.3) is 0 Å². The number of aromatic amines is 1. The van der Waals surface area contributed by atoms with E-state index >= 15 is 0 Å². The number of rotatable bonds is 6. The third-order valence-electron chi connectivity index (χ3n) is 3.76. The second-order valence-electron chi connectivity index (χ2n) is 4.93. The Morgan fingerprint density at radius 2 is 2.00 bits per heavy atom. The van der Waals surface area contributed by atoms with Gasteiger partial charge < -0.3 is 15.4 Å². The molecule has 0 aliphatic rings. The highest BCUT2D eigenvalue weighted by molar-refractivity contribution is 5.93. The standard InChI is InChI=1S/C14H22N2O3/c1-4-14(5-2,9-17)8-15-12(18)11-7-6-10(3)16-13(11)19/h6-7,17H,4-5,8-9H2,1-3H3,(H,15,18)(H,16,19).